The summed E-state index contributed by atoms with van der Waals surface area (Å²) in [5.74, 6) is 1.90. The Morgan fingerprint density at radius 2 is 1.85 bits per heavy atom. The third kappa shape index (κ3) is 3.70. The molecule has 0 spiro atoms. The summed E-state index contributed by atoms with van der Waals surface area (Å²) in [4.78, 5) is 19.7. The van der Waals surface area contributed by atoms with E-state index in [1.54, 1.807) is 7.11 Å². The summed E-state index contributed by atoms with van der Waals surface area (Å²) in [6.45, 7) is 0.755. The first-order chi connectivity index (χ1) is 13.2. The number of ether oxygens (including phenoxy) is 1. The summed E-state index contributed by atoms with van der Waals surface area (Å²) in [6.07, 6.45) is 3.14. The number of methoxy groups -OCH3 is 1. The Bertz CT molecular complexity index is 923. The van der Waals surface area contributed by atoms with Crippen LogP contribution in [0.15, 0.2) is 72.9 Å². The quantitative estimate of drug-likeness (QED) is 0.616. The molecule has 1 unspecified atom stereocenters. The summed E-state index contributed by atoms with van der Waals surface area (Å²) in [5, 5.41) is 0. The van der Waals surface area contributed by atoms with Crippen molar-refractivity contribution in [2.24, 2.45) is 0 Å². The molecule has 3 aromatic rings. The number of nitrogens with zero attached hydrogens (tertiary/aromatic N) is 2. The van der Waals surface area contributed by atoms with Gasteiger partial charge in [0.05, 0.1) is 7.11 Å². The number of carbonyl (C=O) groups is 1. The monoisotopic (exact) mass is 358 g/mol. The van der Waals surface area contributed by atoms with Gasteiger partial charge in [0.15, 0.2) is 5.78 Å². The minimum absolute atomic E-state index is 0.115. The summed E-state index contributed by atoms with van der Waals surface area (Å²) in [7, 11) is 1.63. The molecule has 2 aromatic carbocycles. The maximum Gasteiger partial charge on any atom is 0.164 e. The number of Topliss-reactive ketones (excluding diaryl/α,β-unsaturated/α-hetero) is 1. The summed E-state index contributed by atoms with van der Waals surface area (Å²) in [6, 6.07) is 21.9. The minimum Gasteiger partial charge on any atom is -0.497 e. The van der Waals surface area contributed by atoms with E-state index in [4.69, 9.17) is 4.74 Å². The number of pyridine rings is 1. The lowest BCUT2D eigenvalue weighted by atomic mass is 10.0. The summed E-state index contributed by atoms with van der Waals surface area (Å²) < 4.78 is 5.18. The molecule has 0 N–H and O–H groups in total. The minimum atomic E-state index is 0.115. The van der Waals surface area contributed by atoms with E-state index in [2.05, 4.69) is 28.1 Å². The third-order valence-electron chi connectivity index (χ3n) is 5.06. The predicted molar refractivity (Wildman–Crippen MR) is 106 cm³/mol. The molecule has 0 aliphatic carbocycles. The van der Waals surface area contributed by atoms with Crippen molar-refractivity contribution in [1.29, 1.82) is 0 Å². The van der Waals surface area contributed by atoms with Crippen molar-refractivity contribution < 1.29 is 9.53 Å². The Balaban J connectivity index is 1.55. The van der Waals surface area contributed by atoms with E-state index in [0.717, 1.165) is 30.1 Å². The largest absolute Gasteiger partial charge is 0.497 e. The van der Waals surface area contributed by atoms with E-state index in [1.165, 1.54) is 11.1 Å². The Kier molecular flexibility index (Phi) is 4.88. The molecule has 27 heavy (non-hydrogen) atoms. The zero-order valence-corrected chi connectivity index (χ0v) is 15.3. The molecule has 0 saturated heterocycles. The van der Waals surface area contributed by atoms with Crippen LogP contribution in [0.1, 0.15) is 27.9 Å². The van der Waals surface area contributed by atoms with Crippen LogP contribution in [0.25, 0.3) is 0 Å². The molecule has 0 radical (unpaired) electrons. The van der Waals surface area contributed by atoms with Gasteiger partial charge in [-0.05, 0) is 47.9 Å². The van der Waals surface area contributed by atoms with Crippen molar-refractivity contribution in [3.05, 3.63) is 89.6 Å². The van der Waals surface area contributed by atoms with E-state index >= 15 is 0 Å². The van der Waals surface area contributed by atoms with Gasteiger partial charge in [-0.25, -0.2) is 4.98 Å². The van der Waals surface area contributed by atoms with Gasteiger partial charge < -0.3 is 9.64 Å². The number of rotatable bonds is 6. The van der Waals surface area contributed by atoms with Gasteiger partial charge in [0.2, 0.25) is 0 Å². The second kappa shape index (κ2) is 7.62. The highest BCUT2D eigenvalue weighted by Crippen LogP contribution is 2.33. The molecule has 4 rings (SSSR count). The predicted octanol–water partition coefficient (Wildman–Crippen LogP) is 4.29. The average molecular weight is 358 g/mol. The van der Waals surface area contributed by atoms with Gasteiger partial charge in [0, 0.05) is 30.8 Å². The zero-order chi connectivity index (χ0) is 18.6. The van der Waals surface area contributed by atoms with Crippen LogP contribution in [0.2, 0.25) is 0 Å². The lowest BCUT2D eigenvalue weighted by molar-refractivity contribution is 0.0973. The molecule has 1 aliphatic rings. The average Bonchev–Trinajstić information content (AvgIpc) is 3.06. The summed E-state index contributed by atoms with van der Waals surface area (Å²) >= 11 is 0. The number of benzene rings is 2. The van der Waals surface area contributed by atoms with Gasteiger partial charge in [-0.15, -0.1) is 0 Å². The fourth-order valence-electron chi connectivity index (χ4n) is 3.66. The smallest absolute Gasteiger partial charge is 0.164 e. The molecule has 4 nitrogen and oxygen atoms in total. The molecule has 2 heterocycles. The molecule has 136 valence electrons. The number of anilines is 1. The summed E-state index contributed by atoms with van der Waals surface area (Å²) in [5.41, 5.74) is 3.15. The Labute approximate surface area is 159 Å². The Morgan fingerprint density at radius 1 is 1.07 bits per heavy atom. The first-order valence-corrected chi connectivity index (χ1v) is 9.16. The van der Waals surface area contributed by atoms with Crippen LogP contribution >= 0.6 is 0 Å². The van der Waals surface area contributed by atoms with Gasteiger partial charge >= 0.3 is 0 Å². The Morgan fingerprint density at radius 3 is 2.59 bits per heavy atom. The highest BCUT2D eigenvalue weighted by atomic mass is 16.5. The fourth-order valence-corrected chi connectivity index (χ4v) is 3.66. The number of carbonyl (C=O) groups excluding carboxylic acids is 1. The normalized spacial score (nSPS) is 15.4. The molecule has 1 aromatic heterocycles. The highest BCUT2D eigenvalue weighted by molar-refractivity contribution is 5.97. The second-order valence-electron chi connectivity index (χ2n) is 6.81. The van der Waals surface area contributed by atoms with Crippen molar-refractivity contribution >= 4 is 11.6 Å². The van der Waals surface area contributed by atoms with Crippen molar-refractivity contribution in [2.75, 3.05) is 12.0 Å². The van der Waals surface area contributed by atoms with Crippen molar-refractivity contribution in [2.45, 2.75) is 25.4 Å². The molecule has 1 atom stereocenters. The molecular formula is C23H22N2O2. The first kappa shape index (κ1) is 17.3. The van der Waals surface area contributed by atoms with Crippen LogP contribution in [0.5, 0.6) is 5.75 Å². The van der Waals surface area contributed by atoms with Gasteiger partial charge in [0.1, 0.15) is 11.6 Å². The van der Waals surface area contributed by atoms with Crippen LogP contribution in [0, 0.1) is 0 Å². The first-order valence-electron chi connectivity index (χ1n) is 9.16. The van der Waals surface area contributed by atoms with Crippen molar-refractivity contribution in [3.8, 4) is 5.75 Å². The number of ketones is 1. The molecule has 0 amide bonds. The number of hydrogen-bond acceptors (Lipinski definition) is 4. The molecule has 4 heteroatoms. The Hall–Kier alpha value is -3.14. The SMILES string of the molecule is COc1ccc(C(=O)CC2Cc3cccnc3N2Cc2ccccc2)cc1. The van der Waals surface area contributed by atoms with Crippen molar-refractivity contribution in [3.63, 3.8) is 0 Å². The number of aromatic nitrogens is 1. The van der Waals surface area contributed by atoms with Gasteiger partial charge in [-0.2, -0.15) is 0 Å². The van der Waals surface area contributed by atoms with Gasteiger partial charge in [-0.1, -0.05) is 36.4 Å². The van der Waals surface area contributed by atoms with Gasteiger partial charge in [-0.3, -0.25) is 4.79 Å². The lowest BCUT2D eigenvalue weighted by Crippen LogP contribution is -2.33. The van der Waals surface area contributed by atoms with E-state index in [0.29, 0.717) is 6.42 Å². The lowest BCUT2D eigenvalue weighted by Gasteiger charge is -2.26. The van der Waals surface area contributed by atoms with Gasteiger partial charge in [0.25, 0.3) is 0 Å². The van der Waals surface area contributed by atoms with Crippen LogP contribution < -0.4 is 9.64 Å². The topological polar surface area (TPSA) is 42.4 Å². The molecule has 1 aliphatic heterocycles. The van der Waals surface area contributed by atoms with E-state index < -0.39 is 0 Å². The molecule has 0 bridgehead atoms. The molecule has 0 saturated carbocycles. The fraction of sp³-hybridized carbons (Fsp3) is 0.217. The molecular weight excluding hydrogens is 336 g/mol. The van der Waals surface area contributed by atoms with Crippen LogP contribution in [0.3, 0.4) is 0 Å². The molecule has 0 fully saturated rings. The maximum atomic E-state index is 12.9. The second-order valence-corrected chi connectivity index (χ2v) is 6.81. The zero-order valence-electron chi connectivity index (χ0n) is 15.3. The van der Waals surface area contributed by atoms with Crippen LogP contribution in [-0.2, 0) is 13.0 Å². The van der Waals surface area contributed by atoms with Crippen molar-refractivity contribution in [1.82, 2.24) is 4.98 Å². The number of hydrogen-bond donors (Lipinski definition) is 0. The van der Waals surface area contributed by atoms with Crippen LogP contribution in [0.4, 0.5) is 5.82 Å². The van der Waals surface area contributed by atoms with E-state index in [-0.39, 0.29) is 11.8 Å². The van der Waals surface area contributed by atoms with E-state index in [1.807, 2.05) is 54.7 Å². The standard InChI is InChI=1S/C23H22N2O2/c1-27-21-11-9-18(10-12-21)22(26)15-20-14-19-8-5-13-24-23(19)25(20)16-17-6-3-2-4-7-17/h2-13,20H,14-16H2,1H3. The van der Waals surface area contributed by atoms with E-state index in [9.17, 15) is 4.79 Å². The third-order valence-corrected chi connectivity index (χ3v) is 5.06. The van der Waals surface area contributed by atoms with Crippen LogP contribution in [-0.4, -0.2) is 23.9 Å². The number of fused-ring (bicyclic) bond motifs is 1. The maximum absolute atomic E-state index is 12.9. The highest BCUT2D eigenvalue weighted by Gasteiger charge is 2.32.